The number of nitrogens with one attached hydrogen (secondary N) is 1. The van der Waals surface area contributed by atoms with Crippen LogP contribution in [0.5, 0.6) is 0 Å². The number of H-pyrrole nitrogens is 1. The van der Waals surface area contributed by atoms with Gasteiger partial charge in [-0.25, -0.2) is 4.98 Å². The van der Waals surface area contributed by atoms with Gasteiger partial charge < -0.3 is 14.5 Å². The van der Waals surface area contributed by atoms with E-state index in [-0.39, 0.29) is 16.9 Å². The number of likely N-dealkylation sites (tertiary alicyclic amines) is 1. The van der Waals surface area contributed by atoms with E-state index in [9.17, 15) is 9.59 Å². The monoisotopic (exact) mass is 400 g/mol. The van der Waals surface area contributed by atoms with Gasteiger partial charge in [-0.05, 0) is 50.4 Å². The highest BCUT2D eigenvalue weighted by Gasteiger charge is 2.46. The number of hydrogen-bond donors (Lipinski definition) is 1. The number of anilines is 1. The van der Waals surface area contributed by atoms with E-state index < -0.39 is 0 Å². The van der Waals surface area contributed by atoms with Crippen LogP contribution >= 0.6 is 0 Å². The highest BCUT2D eigenvalue weighted by molar-refractivity contribution is 5.76. The summed E-state index contributed by atoms with van der Waals surface area (Å²) in [6.07, 6.45) is 7.87. The van der Waals surface area contributed by atoms with Crippen molar-refractivity contribution in [1.29, 1.82) is 0 Å². The standard InChI is InChI=1S/C22H32N4O3/c1-21(8-9-21)6-4-17(27)26-10-2-5-22(15-26)7-3-16-18(22)23-20(24-19(16)28)25-11-13-29-14-12-25/h2-15H2,1H3,(H,23,24,28). The van der Waals surface area contributed by atoms with Crippen molar-refractivity contribution in [1.82, 2.24) is 14.9 Å². The third-order valence-corrected chi connectivity index (χ3v) is 7.65. The number of rotatable bonds is 4. The predicted octanol–water partition coefficient (Wildman–Crippen LogP) is 1.99. The summed E-state index contributed by atoms with van der Waals surface area (Å²) < 4.78 is 5.44. The first-order valence-electron chi connectivity index (χ1n) is 11.2. The number of fused-ring (bicyclic) bond motifs is 2. The second kappa shape index (κ2) is 7.11. The zero-order chi connectivity index (χ0) is 20.1. The number of aromatic amines is 1. The van der Waals surface area contributed by atoms with Crippen molar-refractivity contribution in [3.05, 3.63) is 21.6 Å². The Hall–Kier alpha value is -1.89. The minimum absolute atomic E-state index is 0.00141. The third-order valence-electron chi connectivity index (χ3n) is 7.65. The molecule has 7 heteroatoms. The number of ether oxygens (including phenoxy) is 1. The molecule has 1 unspecified atom stereocenters. The summed E-state index contributed by atoms with van der Waals surface area (Å²) in [5.74, 6) is 0.951. The molecule has 1 atom stereocenters. The molecule has 0 bridgehead atoms. The zero-order valence-corrected chi connectivity index (χ0v) is 17.5. The molecule has 7 nitrogen and oxygen atoms in total. The fraction of sp³-hybridized carbons (Fsp3) is 0.773. The highest BCUT2D eigenvalue weighted by atomic mass is 16.5. The highest BCUT2D eigenvalue weighted by Crippen LogP contribution is 2.49. The normalized spacial score (nSPS) is 27.9. The van der Waals surface area contributed by atoms with Gasteiger partial charge in [0.2, 0.25) is 11.9 Å². The summed E-state index contributed by atoms with van der Waals surface area (Å²) in [6, 6.07) is 0. The van der Waals surface area contributed by atoms with Gasteiger partial charge in [0.05, 0.1) is 18.9 Å². The number of carbonyl (C=O) groups excluding carboxylic acids is 1. The molecular formula is C22H32N4O3. The van der Waals surface area contributed by atoms with Crippen LogP contribution in [0.3, 0.4) is 0 Å². The maximum Gasteiger partial charge on any atom is 0.255 e. The number of nitrogens with zero attached hydrogens (tertiary/aromatic N) is 3. The molecule has 1 spiro atoms. The minimum atomic E-state index is -0.151. The van der Waals surface area contributed by atoms with E-state index >= 15 is 0 Å². The molecule has 1 N–H and O–H groups in total. The van der Waals surface area contributed by atoms with Gasteiger partial charge in [-0.15, -0.1) is 0 Å². The van der Waals surface area contributed by atoms with Crippen LogP contribution in [0, 0.1) is 5.41 Å². The van der Waals surface area contributed by atoms with Gasteiger partial charge in [-0.1, -0.05) is 6.92 Å². The van der Waals surface area contributed by atoms with Gasteiger partial charge in [0.1, 0.15) is 0 Å². The number of hydrogen-bond acceptors (Lipinski definition) is 5. The number of piperidine rings is 1. The first-order chi connectivity index (χ1) is 14.0. The van der Waals surface area contributed by atoms with E-state index in [0.29, 0.717) is 37.5 Å². The molecule has 0 radical (unpaired) electrons. The lowest BCUT2D eigenvalue weighted by molar-refractivity contribution is -0.133. The van der Waals surface area contributed by atoms with E-state index in [1.54, 1.807) is 0 Å². The Labute approximate surface area is 171 Å². The fourth-order valence-electron chi connectivity index (χ4n) is 5.34. The molecule has 5 rings (SSSR count). The van der Waals surface area contributed by atoms with Crippen LogP contribution in [-0.2, 0) is 21.4 Å². The predicted molar refractivity (Wildman–Crippen MR) is 110 cm³/mol. The van der Waals surface area contributed by atoms with Crippen LogP contribution in [0.15, 0.2) is 4.79 Å². The first-order valence-corrected chi connectivity index (χ1v) is 11.2. The second-order valence-electron chi connectivity index (χ2n) is 9.83. The Balaban J connectivity index is 1.38. The van der Waals surface area contributed by atoms with Crippen molar-refractivity contribution < 1.29 is 9.53 Å². The quantitative estimate of drug-likeness (QED) is 0.836. The van der Waals surface area contributed by atoms with Crippen molar-refractivity contribution in [2.24, 2.45) is 5.41 Å². The van der Waals surface area contributed by atoms with Crippen molar-refractivity contribution >= 4 is 11.9 Å². The molecule has 0 aromatic carbocycles. The number of carbonyl (C=O) groups is 1. The Bertz CT molecular complexity index is 856. The van der Waals surface area contributed by atoms with Gasteiger partial charge in [0, 0.05) is 43.6 Å². The molecule has 3 heterocycles. The van der Waals surface area contributed by atoms with Gasteiger partial charge in [-0.3, -0.25) is 14.6 Å². The van der Waals surface area contributed by atoms with E-state index in [2.05, 4.69) is 21.7 Å². The average molecular weight is 401 g/mol. The fourth-order valence-corrected chi connectivity index (χ4v) is 5.34. The molecule has 2 aliphatic heterocycles. The van der Waals surface area contributed by atoms with E-state index in [1.807, 2.05) is 0 Å². The number of aromatic nitrogens is 2. The van der Waals surface area contributed by atoms with Crippen LogP contribution in [-0.4, -0.2) is 60.2 Å². The molecule has 1 amide bonds. The maximum atomic E-state index is 12.9. The van der Waals surface area contributed by atoms with Crippen molar-refractivity contribution in [2.45, 2.75) is 63.7 Å². The molecule has 1 aromatic heterocycles. The van der Waals surface area contributed by atoms with Crippen LogP contribution in [0.2, 0.25) is 0 Å². The molecule has 1 saturated carbocycles. The lowest BCUT2D eigenvalue weighted by Gasteiger charge is -2.41. The number of morpholine rings is 1. The lowest BCUT2D eigenvalue weighted by atomic mass is 9.77. The summed E-state index contributed by atoms with van der Waals surface area (Å²) >= 11 is 0. The van der Waals surface area contributed by atoms with Gasteiger partial charge in [-0.2, -0.15) is 0 Å². The third kappa shape index (κ3) is 3.58. The molecule has 1 aromatic rings. The van der Waals surface area contributed by atoms with Gasteiger partial charge >= 0.3 is 0 Å². The first kappa shape index (κ1) is 19.1. The van der Waals surface area contributed by atoms with Gasteiger partial charge in [0.25, 0.3) is 5.56 Å². The van der Waals surface area contributed by atoms with Gasteiger partial charge in [0.15, 0.2) is 0 Å². The lowest BCUT2D eigenvalue weighted by Crippen LogP contribution is -2.48. The summed E-state index contributed by atoms with van der Waals surface area (Å²) in [5.41, 5.74) is 2.04. The molecule has 2 aliphatic carbocycles. The number of amides is 1. The summed E-state index contributed by atoms with van der Waals surface area (Å²) in [4.78, 5) is 37.9. The van der Waals surface area contributed by atoms with Crippen molar-refractivity contribution in [3.63, 3.8) is 0 Å². The second-order valence-corrected chi connectivity index (χ2v) is 9.83. The van der Waals surface area contributed by atoms with E-state index in [4.69, 9.17) is 9.72 Å². The average Bonchev–Trinajstić information content (AvgIpc) is 3.39. The molecular weight excluding hydrogens is 368 g/mol. The minimum Gasteiger partial charge on any atom is -0.378 e. The smallest absolute Gasteiger partial charge is 0.255 e. The maximum absolute atomic E-state index is 12.9. The van der Waals surface area contributed by atoms with Crippen LogP contribution < -0.4 is 10.5 Å². The van der Waals surface area contributed by atoms with E-state index in [1.165, 1.54) is 12.8 Å². The summed E-state index contributed by atoms with van der Waals surface area (Å²) in [6.45, 7) is 6.66. The van der Waals surface area contributed by atoms with Crippen LogP contribution in [0.4, 0.5) is 5.95 Å². The van der Waals surface area contributed by atoms with Crippen molar-refractivity contribution in [3.8, 4) is 0 Å². The van der Waals surface area contributed by atoms with Crippen LogP contribution in [0.25, 0.3) is 0 Å². The summed E-state index contributed by atoms with van der Waals surface area (Å²) in [5, 5.41) is 0. The zero-order valence-electron chi connectivity index (χ0n) is 17.5. The Morgan fingerprint density at radius 1 is 1.17 bits per heavy atom. The molecule has 29 heavy (non-hydrogen) atoms. The topological polar surface area (TPSA) is 78.5 Å². The molecule has 158 valence electrons. The van der Waals surface area contributed by atoms with Crippen LogP contribution in [0.1, 0.15) is 63.1 Å². The Morgan fingerprint density at radius 2 is 1.97 bits per heavy atom. The molecule has 3 fully saturated rings. The van der Waals surface area contributed by atoms with E-state index in [0.717, 1.165) is 63.0 Å². The van der Waals surface area contributed by atoms with Crippen molar-refractivity contribution in [2.75, 3.05) is 44.3 Å². The Kier molecular flexibility index (Phi) is 4.68. The Morgan fingerprint density at radius 3 is 2.72 bits per heavy atom. The summed E-state index contributed by atoms with van der Waals surface area (Å²) in [7, 11) is 0. The largest absolute Gasteiger partial charge is 0.378 e. The molecule has 2 saturated heterocycles. The molecule has 4 aliphatic rings. The SMILES string of the molecule is CC1(CCC(=O)N2CCCC3(CCc4c3nc(N3CCOCC3)[nH]c4=O)C2)CC1.